The van der Waals surface area contributed by atoms with Crippen LogP contribution >= 0.6 is 24.8 Å². The monoisotopic (exact) mass is 451 g/mol. The summed E-state index contributed by atoms with van der Waals surface area (Å²) in [4.78, 5) is 19.2. The lowest BCUT2D eigenvalue weighted by atomic mass is 10.1. The number of piperidine rings is 1. The maximum absolute atomic E-state index is 12.6. The average Bonchev–Trinajstić information content (AvgIpc) is 3.22. The molecule has 1 saturated heterocycles. The molecule has 1 amide bonds. The number of para-hydroxylation sites is 1. The zero-order valence-electron chi connectivity index (χ0n) is 17.0. The molecule has 2 aromatic heterocycles. The molecule has 0 spiro atoms. The summed E-state index contributed by atoms with van der Waals surface area (Å²) in [5.41, 5.74) is 2.29. The van der Waals surface area contributed by atoms with Crippen molar-refractivity contribution < 1.29 is 4.79 Å². The van der Waals surface area contributed by atoms with Gasteiger partial charge in [0.25, 0.3) is 5.91 Å². The molecule has 10 heteroatoms. The third-order valence-electron chi connectivity index (χ3n) is 5.11. The first-order valence-electron chi connectivity index (χ1n) is 9.58. The topological polar surface area (TPSA) is 88.0 Å². The van der Waals surface area contributed by atoms with Gasteiger partial charge >= 0.3 is 0 Å². The highest BCUT2D eigenvalue weighted by molar-refractivity contribution is 5.92. The number of rotatable bonds is 5. The first kappa shape index (κ1) is 23.9. The van der Waals surface area contributed by atoms with E-state index in [0.29, 0.717) is 18.3 Å². The molecule has 3 aromatic rings. The highest BCUT2D eigenvalue weighted by Crippen LogP contribution is 2.22. The second kappa shape index (κ2) is 10.6. The lowest BCUT2D eigenvalue weighted by Crippen LogP contribution is -2.29. The number of benzene rings is 1. The first-order chi connectivity index (χ1) is 13.6. The number of carbonyl (C=O) groups excluding carboxylic acids is 1. The number of amides is 1. The van der Waals surface area contributed by atoms with E-state index >= 15 is 0 Å². The highest BCUT2D eigenvalue weighted by atomic mass is 35.5. The van der Waals surface area contributed by atoms with Gasteiger partial charge in [-0.1, -0.05) is 23.4 Å². The van der Waals surface area contributed by atoms with E-state index in [2.05, 4.69) is 25.9 Å². The Balaban J connectivity index is 0.00000160. The molecule has 0 atom stereocenters. The number of halogens is 2. The molecule has 30 heavy (non-hydrogen) atoms. The molecule has 1 fully saturated rings. The smallest absolute Gasteiger partial charge is 0.273 e. The van der Waals surface area contributed by atoms with E-state index in [-0.39, 0.29) is 30.7 Å². The van der Waals surface area contributed by atoms with E-state index in [9.17, 15) is 4.79 Å². The molecule has 0 aliphatic carbocycles. The summed E-state index contributed by atoms with van der Waals surface area (Å²) < 4.78 is 1.82. The minimum Gasteiger partial charge on any atom is -0.363 e. The Morgan fingerprint density at radius 3 is 2.70 bits per heavy atom. The Kier molecular flexibility index (Phi) is 8.40. The van der Waals surface area contributed by atoms with Gasteiger partial charge in [0.15, 0.2) is 5.69 Å². The van der Waals surface area contributed by atoms with Crippen molar-refractivity contribution in [1.29, 1.82) is 0 Å². The van der Waals surface area contributed by atoms with E-state index in [1.54, 1.807) is 6.20 Å². The molecule has 0 unspecified atom stereocenters. The van der Waals surface area contributed by atoms with Crippen LogP contribution in [0, 0.1) is 0 Å². The largest absolute Gasteiger partial charge is 0.363 e. The SMILES string of the molecule is CN(C)c1cc(CNC(=O)c2cn(C3CCNCC3)nn2)c2ccccc2n1.Cl.Cl. The fraction of sp³-hybridized carbons (Fsp3) is 0.400. The van der Waals surface area contributed by atoms with Gasteiger partial charge in [0, 0.05) is 26.0 Å². The summed E-state index contributed by atoms with van der Waals surface area (Å²) in [7, 11) is 3.91. The van der Waals surface area contributed by atoms with Gasteiger partial charge < -0.3 is 15.5 Å². The van der Waals surface area contributed by atoms with Crippen LogP contribution in [0.1, 0.15) is 34.9 Å². The normalized spacial score (nSPS) is 13.9. The molecule has 4 rings (SSSR count). The standard InChI is InChI=1S/C20H25N7O.2ClH/c1-26(2)19-11-14(16-5-3-4-6-17(16)23-19)12-22-20(28)18-13-27(25-24-18)15-7-9-21-10-8-15;;/h3-6,11,13,15,21H,7-10,12H2,1-2H3,(H,22,28);2*1H. The van der Waals surface area contributed by atoms with Gasteiger partial charge in [0.05, 0.1) is 17.8 Å². The Morgan fingerprint density at radius 2 is 1.97 bits per heavy atom. The van der Waals surface area contributed by atoms with Gasteiger partial charge in [0.1, 0.15) is 5.82 Å². The molecule has 3 heterocycles. The minimum absolute atomic E-state index is 0. The van der Waals surface area contributed by atoms with Gasteiger partial charge in [-0.25, -0.2) is 9.67 Å². The maximum Gasteiger partial charge on any atom is 0.273 e. The molecule has 2 N–H and O–H groups in total. The summed E-state index contributed by atoms with van der Waals surface area (Å²) in [6, 6.07) is 10.3. The van der Waals surface area contributed by atoms with Crippen LogP contribution in [-0.2, 0) is 6.54 Å². The molecule has 0 saturated carbocycles. The third kappa shape index (κ3) is 5.19. The Morgan fingerprint density at radius 1 is 1.23 bits per heavy atom. The number of carbonyl (C=O) groups is 1. The molecule has 0 radical (unpaired) electrons. The number of nitrogens with one attached hydrogen (secondary N) is 2. The van der Waals surface area contributed by atoms with Gasteiger partial charge in [-0.3, -0.25) is 4.79 Å². The number of hydrogen-bond donors (Lipinski definition) is 2. The Labute approximate surface area is 188 Å². The summed E-state index contributed by atoms with van der Waals surface area (Å²) in [5, 5.41) is 15.6. The van der Waals surface area contributed by atoms with Crippen LogP contribution in [0.2, 0.25) is 0 Å². The zero-order chi connectivity index (χ0) is 19.5. The Bertz CT molecular complexity index is 986. The van der Waals surface area contributed by atoms with Crippen LogP contribution < -0.4 is 15.5 Å². The van der Waals surface area contributed by atoms with Crippen molar-refractivity contribution >= 4 is 47.4 Å². The van der Waals surface area contributed by atoms with E-state index in [0.717, 1.165) is 48.2 Å². The highest BCUT2D eigenvalue weighted by Gasteiger charge is 2.19. The van der Waals surface area contributed by atoms with Crippen LogP contribution in [0.4, 0.5) is 5.82 Å². The average molecular weight is 452 g/mol. The second-order valence-electron chi connectivity index (χ2n) is 7.30. The number of fused-ring (bicyclic) bond motifs is 1. The fourth-order valence-electron chi connectivity index (χ4n) is 3.50. The summed E-state index contributed by atoms with van der Waals surface area (Å²) >= 11 is 0. The predicted octanol–water partition coefficient (Wildman–Crippen LogP) is 2.59. The fourth-order valence-corrected chi connectivity index (χ4v) is 3.50. The van der Waals surface area contributed by atoms with Crippen molar-refractivity contribution in [2.75, 3.05) is 32.1 Å². The van der Waals surface area contributed by atoms with Crippen molar-refractivity contribution in [2.24, 2.45) is 0 Å². The van der Waals surface area contributed by atoms with Crippen molar-refractivity contribution in [3.05, 3.63) is 47.8 Å². The lowest BCUT2D eigenvalue weighted by molar-refractivity contribution is 0.0946. The van der Waals surface area contributed by atoms with Crippen molar-refractivity contribution in [1.82, 2.24) is 30.6 Å². The summed E-state index contributed by atoms with van der Waals surface area (Å²) in [6.45, 7) is 2.34. The predicted molar refractivity (Wildman–Crippen MR) is 123 cm³/mol. The summed E-state index contributed by atoms with van der Waals surface area (Å²) in [5.74, 6) is 0.646. The van der Waals surface area contributed by atoms with Crippen LogP contribution in [0.5, 0.6) is 0 Å². The zero-order valence-corrected chi connectivity index (χ0v) is 18.7. The number of anilines is 1. The van der Waals surface area contributed by atoms with Gasteiger partial charge in [-0.05, 0) is 43.6 Å². The number of pyridine rings is 1. The van der Waals surface area contributed by atoms with Gasteiger partial charge in [-0.2, -0.15) is 0 Å². The molecule has 8 nitrogen and oxygen atoms in total. The first-order valence-corrected chi connectivity index (χ1v) is 9.58. The molecular weight excluding hydrogens is 425 g/mol. The van der Waals surface area contributed by atoms with Crippen molar-refractivity contribution in [3.63, 3.8) is 0 Å². The van der Waals surface area contributed by atoms with Crippen LogP contribution in [0.25, 0.3) is 10.9 Å². The number of hydrogen-bond acceptors (Lipinski definition) is 6. The van der Waals surface area contributed by atoms with Gasteiger partial charge in [0.2, 0.25) is 0 Å². The number of aromatic nitrogens is 4. The molecular formula is C20H27Cl2N7O. The van der Waals surface area contributed by atoms with E-state index < -0.39 is 0 Å². The van der Waals surface area contributed by atoms with Gasteiger partial charge in [-0.15, -0.1) is 29.9 Å². The van der Waals surface area contributed by atoms with E-state index in [4.69, 9.17) is 0 Å². The number of nitrogens with zero attached hydrogens (tertiary/aromatic N) is 5. The van der Waals surface area contributed by atoms with Crippen LogP contribution in [0.3, 0.4) is 0 Å². The summed E-state index contributed by atoms with van der Waals surface area (Å²) in [6.07, 6.45) is 3.75. The molecule has 162 valence electrons. The molecule has 1 aliphatic rings. The van der Waals surface area contributed by atoms with Crippen molar-refractivity contribution in [3.8, 4) is 0 Å². The van der Waals surface area contributed by atoms with E-state index in [1.807, 2.05) is 54.0 Å². The van der Waals surface area contributed by atoms with Crippen molar-refractivity contribution in [2.45, 2.75) is 25.4 Å². The lowest BCUT2D eigenvalue weighted by Gasteiger charge is -2.22. The third-order valence-corrected chi connectivity index (χ3v) is 5.11. The maximum atomic E-state index is 12.6. The second-order valence-corrected chi connectivity index (χ2v) is 7.30. The molecule has 0 bridgehead atoms. The van der Waals surface area contributed by atoms with Crippen LogP contribution in [0.15, 0.2) is 36.5 Å². The minimum atomic E-state index is -0.215. The van der Waals surface area contributed by atoms with Crippen LogP contribution in [-0.4, -0.2) is 53.1 Å². The van der Waals surface area contributed by atoms with E-state index in [1.165, 1.54) is 0 Å². The Hall–Kier alpha value is -2.42. The quantitative estimate of drug-likeness (QED) is 0.619. The molecule has 1 aromatic carbocycles. The molecule has 1 aliphatic heterocycles.